The zero-order chi connectivity index (χ0) is 13.6. The highest BCUT2D eigenvalue weighted by Gasteiger charge is 2.40. The zero-order valence-corrected chi connectivity index (χ0v) is 10.4. The van der Waals surface area contributed by atoms with Crippen LogP contribution in [0.25, 0.3) is 11.0 Å². The molecule has 1 atom stereocenters. The van der Waals surface area contributed by atoms with E-state index in [0.29, 0.717) is 17.9 Å². The second kappa shape index (κ2) is 4.01. The molecule has 2 heterocycles. The van der Waals surface area contributed by atoms with Crippen LogP contribution in [0.5, 0.6) is 0 Å². The summed E-state index contributed by atoms with van der Waals surface area (Å²) in [5, 5.41) is 0. The van der Waals surface area contributed by atoms with E-state index in [4.69, 9.17) is 0 Å². The van der Waals surface area contributed by atoms with Crippen LogP contribution in [-0.2, 0) is 10.3 Å². The number of amides is 1. The minimum absolute atomic E-state index is 0.0195. The molecule has 19 heavy (non-hydrogen) atoms. The number of aromatic amines is 1. The Balaban J connectivity index is 2.16. The molecule has 1 aromatic carbocycles. The third-order valence-electron chi connectivity index (χ3n) is 3.88. The molecule has 0 radical (unpaired) electrons. The molecule has 1 N–H and O–H groups in total. The van der Waals surface area contributed by atoms with Crippen LogP contribution in [0.15, 0.2) is 12.1 Å². The van der Waals surface area contributed by atoms with Crippen molar-refractivity contribution in [2.45, 2.75) is 25.3 Å². The summed E-state index contributed by atoms with van der Waals surface area (Å²) in [5.41, 5.74) is -0.161. The third-order valence-corrected chi connectivity index (χ3v) is 3.88. The van der Waals surface area contributed by atoms with Crippen molar-refractivity contribution < 1.29 is 13.6 Å². The lowest BCUT2D eigenvalue weighted by molar-refractivity contribution is -0.121. The van der Waals surface area contributed by atoms with Crippen LogP contribution in [0, 0.1) is 11.6 Å². The standard InChI is InChI=1S/C13H13F2N3O/c1-13(5-2-6-18(13)7-19)12-16-9-4-3-8(14)10(15)11(9)17-12/h3-4,7H,2,5-6H2,1H3,(H,16,17)/t13-/m0/s1. The van der Waals surface area contributed by atoms with Crippen LogP contribution >= 0.6 is 0 Å². The van der Waals surface area contributed by atoms with Gasteiger partial charge in [-0.1, -0.05) is 0 Å². The van der Waals surface area contributed by atoms with E-state index in [1.165, 1.54) is 6.07 Å². The Kier molecular flexibility index (Phi) is 2.55. The number of nitrogens with one attached hydrogen (secondary N) is 1. The van der Waals surface area contributed by atoms with Crippen LogP contribution in [0.4, 0.5) is 8.78 Å². The van der Waals surface area contributed by atoms with Crippen molar-refractivity contribution in [2.75, 3.05) is 6.54 Å². The first-order valence-corrected chi connectivity index (χ1v) is 6.12. The van der Waals surface area contributed by atoms with Crippen LogP contribution in [0.1, 0.15) is 25.6 Å². The molecular weight excluding hydrogens is 252 g/mol. The van der Waals surface area contributed by atoms with Gasteiger partial charge < -0.3 is 9.88 Å². The summed E-state index contributed by atoms with van der Waals surface area (Å²) in [6.45, 7) is 2.52. The highest BCUT2D eigenvalue weighted by molar-refractivity contribution is 5.76. The fourth-order valence-corrected chi connectivity index (χ4v) is 2.68. The van der Waals surface area contributed by atoms with Gasteiger partial charge in [-0.25, -0.2) is 13.8 Å². The number of rotatable bonds is 2. The number of imidazole rings is 1. The summed E-state index contributed by atoms with van der Waals surface area (Å²) in [4.78, 5) is 19.9. The van der Waals surface area contributed by atoms with Crippen molar-refractivity contribution in [3.8, 4) is 0 Å². The van der Waals surface area contributed by atoms with E-state index in [2.05, 4.69) is 9.97 Å². The molecule has 1 aromatic heterocycles. The molecule has 1 amide bonds. The summed E-state index contributed by atoms with van der Waals surface area (Å²) >= 11 is 0. The van der Waals surface area contributed by atoms with Gasteiger partial charge in [0.25, 0.3) is 0 Å². The maximum atomic E-state index is 13.7. The molecule has 6 heteroatoms. The Labute approximate surface area is 108 Å². The van der Waals surface area contributed by atoms with Gasteiger partial charge >= 0.3 is 0 Å². The van der Waals surface area contributed by atoms with Crippen molar-refractivity contribution in [1.82, 2.24) is 14.9 Å². The van der Waals surface area contributed by atoms with Crippen LogP contribution in [-0.4, -0.2) is 27.8 Å². The van der Waals surface area contributed by atoms with E-state index in [1.807, 2.05) is 6.92 Å². The molecule has 4 nitrogen and oxygen atoms in total. The lowest BCUT2D eigenvalue weighted by Gasteiger charge is -2.30. The van der Waals surface area contributed by atoms with E-state index >= 15 is 0 Å². The molecule has 1 aliphatic rings. The number of likely N-dealkylation sites (tertiary alicyclic amines) is 1. The molecule has 1 saturated heterocycles. The van der Waals surface area contributed by atoms with Crippen LogP contribution in [0.3, 0.4) is 0 Å². The smallest absolute Gasteiger partial charge is 0.210 e. The third kappa shape index (κ3) is 1.63. The van der Waals surface area contributed by atoms with Gasteiger partial charge in [0.1, 0.15) is 11.3 Å². The lowest BCUT2D eigenvalue weighted by Crippen LogP contribution is -2.38. The van der Waals surface area contributed by atoms with Gasteiger partial charge in [0.2, 0.25) is 6.41 Å². The summed E-state index contributed by atoms with van der Waals surface area (Å²) in [7, 11) is 0. The Bertz CT molecular complexity index is 655. The summed E-state index contributed by atoms with van der Waals surface area (Å²) in [6, 6.07) is 2.52. The van der Waals surface area contributed by atoms with E-state index < -0.39 is 17.2 Å². The number of carbonyl (C=O) groups excluding carboxylic acids is 1. The average Bonchev–Trinajstić information content (AvgIpc) is 2.98. The SMILES string of the molecule is C[C@@]1(c2nc3c(F)c(F)ccc3[nH]2)CCCN1C=O. The number of halogens is 2. The van der Waals surface area contributed by atoms with Crippen LogP contribution < -0.4 is 0 Å². The van der Waals surface area contributed by atoms with E-state index in [0.717, 1.165) is 25.3 Å². The number of H-pyrrole nitrogens is 1. The van der Waals surface area contributed by atoms with Gasteiger partial charge in [0.15, 0.2) is 11.6 Å². The van der Waals surface area contributed by atoms with Crippen molar-refractivity contribution in [3.63, 3.8) is 0 Å². The molecule has 3 rings (SSSR count). The summed E-state index contributed by atoms with van der Waals surface area (Å²) < 4.78 is 26.8. The van der Waals surface area contributed by atoms with Crippen molar-refractivity contribution >= 4 is 17.4 Å². The maximum Gasteiger partial charge on any atom is 0.210 e. The molecule has 100 valence electrons. The second-order valence-corrected chi connectivity index (χ2v) is 5.02. The fourth-order valence-electron chi connectivity index (χ4n) is 2.68. The minimum atomic E-state index is -0.959. The molecule has 2 aromatic rings. The molecule has 0 aliphatic carbocycles. The summed E-state index contributed by atoms with van der Waals surface area (Å²) in [6.07, 6.45) is 2.38. The number of hydrogen-bond acceptors (Lipinski definition) is 2. The van der Waals surface area contributed by atoms with Gasteiger partial charge in [-0.3, -0.25) is 4.79 Å². The second-order valence-electron chi connectivity index (χ2n) is 5.02. The topological polar surface area (TPSA) is 49.0 Å². The molecule has 0 spiro atoms. The normalized spacial score (nSPS) is 23.2. The van der Waals surface area contributed by atoms with Gasteiger partial charge in [-0.2, -0.15) is 0 Å². The number of nitrogens with zero attached hydrogens (tertiary/aromatic N) is 2. The van der Waals surface area contributed by atoms with E-state index in [9.17, 15) is 13.6 Å². The first-order chi connectivity index (χ1) is 9.06. The quantitative estimate of drug-likeness (QED) is 0.847. The van der Waals surface area contributed by atoms with Gasteiger partial charge in [0.05, 0.1) is 11.1 Å². The fraction of sp³-hybridized carbons (Fsp3) is 0.385. The van der Waals surface area contributed by atoms with Crippen molar-refractivity contribution in [1.29, 1.82) is 0 Å². The molecule has 0 unspecified atom stereocenters. The van der Waals surface area contributed by atoms with Crippen LogP contribution in [0.2, 0.25) is 0 Å². The molecule has 0 saturated carbocycles. The Morgan fingerprint density at radius 1 is 1.47 bits per heavy atom. The number of benzene rings is 1. The molecule has 1 fully saturated rings. The number of hydrogen-bond donors (Lipinski definition) is 1. The number of fused-ring (bicyclic) bond motifs is 1. The predicted molar refractivity (Wildman–Crippen MR) is 65.4 cm³/mol. The van der Waals surface area contributed by atoms with E-state index in [-0.39, 0.29) is 5.52 Å². The largest absolute Gasteiger partial charge is 0.340 e. The molecular formula is C13H13F2N3O. The van der Waals surface area contributed by atoms with Crippen molar-refractivity contribution in [3.05, 3.63) is 29.6 Å². The maximum absolute atomic E-state index is 13.7. The first-order valence-electron chi connectivity index (χ1n) is 6.12. The lowest BCUT2D eigenvalue weighted by atomic mass is 9.98. The Morgan fingerprint density at radius 2 is 2.26 bits per heavy atom. The van der Waals surface area contributed by atoms with E-state index in [1.54, 1.807) is 4.90 Å². The average molecular weight is 265 g/mol. The van der Waals surface area contributed by atoms with Gasteiger partial charge in [-0.05, 0) is 31.9 Å². The number of carbonyl (C=O) groups is 1. The molecule has 0 bridgehead atoms. The first kappa shape index (κ1) is 12.1. The van der Waals surface area contributed by atoms with Gasteiger partial charge in [0, 0.05) is 6.54 Å². The monoisotopic (exact) mass is 265 g/mol. The highest BCUT2D eigenvalue weighted by Crippen LogP contribution is 2.36. The number of aromatic nitrogens is 2. The van der Waals surface area contributed by atoms with Gasteiger partial charge in [-0.15, -0.1) is 0 Å². The predicted octanol–water partition coefficient (Wildman–Crippen LogP) is 2.31. The Hall–Kier alpha value is -1.98. The Morgan fingerprint density at radius 3 is 3.00 bits per heavy atom. The molecule has 1 aliphatic heterocycles. The summed E-state index contributed by atoms with van der Waals surface area (Å²) in [5.74, 6) is -1.38. The zero-order valence-electron chi connectivity index (χ0n) is 10.4. The van der Waals surface area contributed by atoms with Crippen molar-refractivity contribution in [2.24, 2.45) is 0 Å². The minimum Gasteiger partial charge on any atom is -0.340 e. The highest BCUT2D eigenvalue weighted by atomic mass is 19.2.